The summed E-state index contributed by atoms with van der Waals surface area (Å²) in [6, 6.07) is 8.13. The number of hydrogen-bond acceptors (Lipinski definition) is 5. The lowest BCUT2D eigenvalue weighted by Crippen LogP contribution is -2.41. The van der Waals surface area contributed by atoms with Gasteiger partial charge in [-0.15, -0.1) is 0 Å². The average molecular weight is 373 g/mol. The van der Waals surface area contributed by atoms with Gasteiger partial charge in [-0.3, -0.25) is 4.79 Å². The molecule has 27 heavy (non-hydrogen) atoms. The first-order valence-corrected chi connectivity index (χ1v) is 9.93. The Labute approximate surface area is 162 Å². The van der Waals surface area contributed by atoms with Crippen molar-refractivity contribution >= 4 is 5.91 Å². The quantitative estimate of drug-likeness (QED) is 0.683. The average Bonchev–Trinajstić information content (AvgIpc) is 2.69. The Bertz CT molecular complexity index is 634. The van der Waals surface area contributed by atoms with Crippen LogP contribution in [0.1, 0.15) is 38.7 Å². The van der Waals surface area contributed by atoms with Crippen molar-refractivity contribution in [1.29, 1.82) is 5.26 Å². The van der Waals surface area contributed by atoms with Crippen molar-refractivity contribution in [1.82, 2.24) is 10.2 Å². The molecule has 1 fully saturated rings. The van der Waals surface area contributed by atoms with Crippen molar-refractivity contribution in [3.8, 4) is 17.6 Å². The Kier molecular flexibility index (Phi) is 8.93. The molecule has 1 N–H and O–H groups in total. The molecule has 0 radical (unpaired) electrons. The molecule has 0 aromatic heterocycles. The smallest absolute Gasteiger partial charge is 0.223 e. The predicted molar refractivity (Wildman–Crippen MR) is 105 cm³/mol. The number of piperidine rings is 1. The van der Waals surface area contributed by atoms with Crippen molar-refractivity contribution in [2.24, 2.45) is 5.92 Å². The zero-order valence-electron chi connectivity index (χ0n) is 16.5. The summed E-state index contributed by atoms with van der Waals surface area (Å²) in [5.74, 6) is 1.75. The van der Waals surface area contributed by atoms with Crippen LogP contribution in [0.3, 0.4) is 0 Å². The summed E-state index contributed by atoms with van der Waals surface area (Å²) in [6.07, 6.45) is 3.06. The number of nitrogens with zero attached hydrogens (tertiary/aromatic N) is 2. The molecule has 0 aliphatic carbocycles. The lowest BCUT2D eigenvalue weighted by Gasteiger charge is -2.30. The monoisotopic (exact) mass is 373 g/mol. The number of nitriles is 1. The molecule has 6 nitrogen and oxygen atoms in total. The van der Waals surface area contributed by atoms with Gasteiger partial charge in [-0.1, -0.05) is 6.07 Å². The first-order valence-electron chi connectivity index (χ1n) is 9.93. The van der Waals surface area contributed by atoms with Crippen LogP contribution in [0.5, 0.6) is 11.5 Å². The van der Waals surface area contributed by atoms with E-state index in [1.165, 1.54) is 0 Å². The van der Waals surface area contributed by atoms with Gasteiger partial charge in [0.15, 0.2) is 11.5 Å². The second-order valence-corrected chi connectivity index (χ2v) is 6.71. The van der Waals surface area contributed by atoms with E-state index < -0.39 is 0 Å². The summed E-state index contributed by atoms with van der Waals surface area (Å²) in [4.78, 5) is 14.7. The molecule has 1 aromatic rings. The van der Waals surface area contributed by atoms with Gasteiger partial charge in [0, 0.05) is 25.4 Å². The SMILES string of the molecule is CCOc1ccc(CCNC(=O)C2CCN(CCC#N)CC2)cc1OCC. The summed E-state index contributed by atoms with van der Waals surface area (Å²) in [5, 5.41) is 11.7. The third kappa shape index (κ3) is 6.76. The molecule has 1 aromatic carbocycles. The van der Waals surface area contributed by atoms with Crippen molar-refractivity contribution in [2.45, 2.75) is 39.5 Å². The van der Waals surface area contributed by atoms with Crippen molar-refractivity contribution < 1.29 is 14.3 Å². The Morgan fingerprint density at radius 3 is 2.59 bits per heavy atom. The molecule has 1 saturated heterocycles. The van der Waals surface area contributed by atoms with Gasteiger partial charge in [-0.25, -0.2) is 0 Å². The number of rotatable bonds is 10. The lowest BCUT2D eigenvalue weighted by atomic mass is 9.95. The van der Waals surface area contributed by atoms with Crippen LogP contribution in [0.15, 0.2) is 18.2 Å². The van der Waals surface area contributed by atoms with Gasteiger partial charge in [-0.05, 0) is 63.9 Å². The number of benzene rings is 1. The largest absolute Gasteiger partial charge is 0.490 e. The highest BCUT2D eigenvalue weighted by Crippen LogP contribution is 2.28. The Hall–Kier alpha value is -2.26. The maximum Gasteiger partial charge on any atom is 0.223 e. The minimum Gasteiger partial charge on any atom is -0.490 e. The second-order valence-electron chi connectivity index (χ2n) is 6.71. The highest BCUT2D eigenvalue weighted by Gasteiger charge is 2.24. The van der Waals surface area contributed by atoms with Gasteiger partial charge in [0.05, 0.1) is 19.3 Å². The zero-order valence-corrected chi connectivity index (χ0v) is 16.5. The van der Waals surface area contributed by atoms with Crippen molar-refractivity contribution in [2.75, 3.05) is 39.4 Å². The van der Waals surface area contributed by atoms with E-state index in [1.54, 1.807) is 0 Å². The molecule has 1 heterocycles. The highest BCUT2D eigenvalue weighted by atomic mass is 16.5. The van der Waals surface area contributed by atoms with Gasteiger partial charge in [0.1, 0.15) is 0 Å². The normalized spacial score (nSPS) is 15.1. The van der Waals surface area contributed by atoms with Crippen LogP contribution in [-0.4, -0.2) is 50.2 Å². The van der Waals surface area contributed by atoms with Gasteiger partial charge in [0.2, 0.25) is 5.91 Å². The van der Waals surface area contributed by atoms with Gasteiger partial charge in [-0.2, -0.15) is 5.26 Å². The number of hydrogen-bond donors (Lipinski definition) is 1. The van der Waals surface area contributed by atoms with Gasteiger partial charge >= 0.3 is 0 Å². The minimum absolute atomic E-state index is 0.0858. The second kappa shape index (κ2) is 11.5. The minimum atomic E-state index is 0.0858. The number of ether oxygens (including phenoxy) is 2. The molecule has 2 rings (SSSR count). The Balaban J connectivity index is 1.76. The number of nitrogens with one attached hydrogen (secondary N) is 1. The maximum absolute atomic E-state index is 12.4. The summed E-state index contributed by atoms with van der Waals surface area (Å²) < 4.78 is 11.2. The molecule has 0 unspecified atom stereocenters. The molecule has 1 amide bonds. The van der Waals surface area contributed by atoms with Crippen LogP contribution < -0.4 is 14.8 Å². The topological polar surface area (TPSA) is 74.6 Å². The molecule has 1 aliphatic heterocycles. The number of likely N-dealkylation sites (tertiary alicyclic amines) is 1. The molecule has 148 valence electrons. The first kappa shape index (κ1) is 21.0. The summed E-state index contributed by atoms with van der Waals surface area (Å²) in [6.45, 7) is 8.32. The standard InChI is InChI=1S/C21H31N3O3/c1-3-26-19-7-6-17(16-20(19)27-4-2)8-12-23-21(25)18-9-14-24(15-10-18)13-5-11-22/h6-7,16,18H,3-5,8-10,12-15H2,1-2H3,(H,23,25). The molecule has 0 bridgehead atoms. The number of amides is 1. The van der Waals surface area contributed by atoms with Crippen LogP contribution in [0.25, 0.3) is 0 Å². The fourth-order valence-electron chi connectivity index (χ4n) is 3.35. The van der Waals surface area contributed by atoms with Crippen LogP contribution in [0.4, 0.5) is 0 Å². The van der Waals surface area contributed by atoms with E-state index in [0.29, 0.717) is 26.2 Å². The van der Waals surface area contributed by atoms with Crippen LogP contribution in [-0.2, 0) is 11.2 Å². The van der Waals surface area contributed by atoms with Crippen LogP contribution in [0.2, 0.25) is 0 Å². The van der Waals surface area contributed by atoms with Gasteiger partial charge < -0.3 is 19.7 Å². The van der Waals surface area contributed by atoms with E-state index >= 15 is 0 Å². The van der Waals surface area contributed by atoms with E-state index in [0.717, 1.165) is 56.0 Å². The number of carbonyl (C=O) groups is 1. The molecule has 0 spiro atoms. The Morgan fingerprint density at radius 1 is 1.22 bits per heavy atom. The maximum atomic E-state index is 12.4. The van der Waals surface area contributed by atoms with E-state index in [9.17, 15) is 4.79 Å². The molecular weight excluding hydrogens is 342 g/mol. The van der Waals surface area contributed by atoms with Crippen LogP contribution >= 0.6 is 0 Å². The zero-order chi connectivity index (χ0) is 19.5. The van der Waals surface area contributed by atoms with E-state index in [2.05, 4.69) is 16.3 Å². The molecule has 0 atom stereocenters. The summed E-state index contributed by atoms with van der Waals surface area (Å²) in [7, 11) is 0. The van der Waals surface area contributed by atoms with E-state index in [4.69, 9.17) is 14.7 Å². The van der Waals surface area contributed by atoms with E-state index in [1.807, 2.05) is 32.0 Å². The first-order chi connectivity index (χ1) is 13.2. The predicted octanol–water partition coefficient (Wildman–Crippen LogP) is 2.77. The fourth-order valence-corrected chi connectivity index (χ4v) is 3.35. The third-order valence-electron chi connectivity index (χ3n) is 4.82. The third-order valence-corrected chi connectivity index (χ3v) is 4.82. The summed E-state index contributed by atoms with van der Waals surface area (Å²) >= 11 is 0. The highest BCUT2D eigenvalue weighted by molar-refractivity contribution is 5.78. The van der Waals surface area contributed by atoms with E-state index in [-0.39, 0.29) is 11.8 Å². The van der Waals surface area contributed by atoms with Crippen molar-refractivity contribution in [3.05, 3.63) is 23.8 Å². The van der Waals surface area contributed by atoms with Crippen molar-refractivity contribution in [3.63, 3.8) is 0 Å². The lowest BCUT2D eigenvalue weighted by molar-refractivity contribution is -0.126. The molecule has 6 heteroatoms. The summed E-state index contributed by atoms with van der Waals surface area (Å²) in [5.41, 5.74) is 1.12. The fraction of sp³-hybridized carbons (Fsp3) is 0.619. The van der Waals surface area contributed by atoms with Gasteiger partial charge in [0.25, 0.3) is 0 Å². The molecular formula is C21H31N3O3. The van der Waals surface area contributed by atoms with Crippen LogP contribution in [0, 0.1) is 17.2 Å². The molecule has 0 saturated carbocycles. The Morgan fingerprint density at radius 2 is 1.93 bits per heavy atom. The number of carbonyl (C=O) groups excluding carboxylic acids is 1. The molecule has 1 aliphatic rings.